The molecule has 2 aliphatic heterocycles. The van der Waals surface area contributed by atoms with Crippen LogP contribution in [0.2, 0.25) is 0 Å². The number of piperidine rings is 1. The molecule has 0 bridgehead atoms. The molecule has 27 heavy (non-hydrogen) atoms. The zero-order valence-corrected chi connectivity index (χ0v) is 16.5. The van der Waals surface area contributed by atoms with Crippen LogP contribution in [0.4, 0.5) is 0 Å². The van der Waals surface area contributed by atoms with Gasteiger partial charge in [-0.15, -0.1) is 0 Å². The predicted octanol–water partition coefficient (Wildman–Crippen LogP) is 2.86. The summed E-state index contributed by atoms with van der Waals surface area (Å²) in [5, 5.41) is 4.36. The summed E-state index contributed by atoms with van der Waals surface area (Å²) >= 11 is 0. The summed E-state index contributed by atoms with van der Waals surface area (Å²) in [4.78, 5) is 5.26. The molecule has 2 aliphatic rings. The molecule has 1 aromatic heterocycles. The maximum Gasteiger partial charge on any atom is 0.0662 e. The van der Waals surface area contributed by atoms with Gasteiger partial charge in [-0.25, -0.2) is 0 Å². The third-order valence-electron chi connectivity index (χ3n) is 6.34. The Labute approximate surface area is 162 Å². The van der Waals surface area contributed by atoms with Crippen molar-refractivity contribution in [1.29, 1.82) is 0 Å². The second kappa shape index (κ2) is 9.00. The highest BCUT2D eigenvalue weighted by atomic mass is 16.5. The van der Waals surface area contributed by atoms with Crippen LogP contribution in [-0.2, 0) is 17.8 Å². The normalized spacial score (nSPS) is 21.4. The summed E-state index contributed by atoms with van der Waals surface area (Å²) in [6, 6.07) is 11.5. The fraction of sp³-hybridized carbons (Fsp3) is 0.591. The van der Waals surface area contributed by atoms with E-state index < -0.39 is 0 Å². The quantitative estimate of drug-likeness (QED) is 0.785. The van der Waals surface area contributed by atoms with Crippen LogP contribution in [-0.4, -0.2) is 65.0 Å². The first-order valence-corrected chi connectivity index (χ1v) is 10.4. The lowest BCUT2D eigenvalue weighted by Gasteiger charge is -2.41. The minimum atomic E-state index is 0.683. The van der Waals surface area contributed by atoms with Gasteiger partial charge in [-0.1, -0.05) is 24.3 Å². The van der Waals surface area contributed by atoms with Gasteiger partial charge in [0.05, 0.1) is 19.8 Å². The number of aromatic nitrogens is 2. The Balaban J connectivity index is 1.31. The van der Waals surface area contributed by atoms with Crippen LogP contribution in [0.25, 0.3) is 0 Å². The van der Waals surface area contributed by atoms with Crippen molar-refractivity contribution in [3.63, 3.8) is 0 Å². The number of rotatable bonds is 6. The van der Waals surface area contributed by atoms with Crippen molar-refractivity contribution in [1.82, 2.24) is 19.6 Å². The summed E-state index contributed by atoms with van der Waals surface area (Å²) in [6.07, 6.45) is 6.50. The maximum absolute atomic E-state index is 5.51. The summed E-state index contributed by atoms with van der Waals surface area (Å²) < 4.78 is 7.52. The molecule has 0 amide bonds. The Kier molecular flexibility index (Phi) is 6.22. The highest BCUT2D eigenvalue weighted by Crippen LogP contribution is 2.26. The number of hydrogen-bond donors (Lipinski definition) is 0. The Morgan fingerprint density at radius 2 is 1.70 bits per heavy atom. The fourth-order valence-corrected chi connectivity index (χ4v) is 4.55. The molecule has 0 spiro atoms. The lowest BCUT2D eigenvalue weighted by molar-refractivity contribution is -0.00193. The lowest BCUT2D eigenvalue weighted by Crippen LogP contribution is -2.48. The molecule has 146 valence electrons. The van der Waals surface area contributed by atoms with Crippen molar-refractivity contribution < 1.29 is 4.74 Å². The zero-order chi connectivity index (χ0) is 18.5. The van der Waals surface area contributed by atoms with Crippen LogP contribution < -0.4 is 0 Å². The summed E-state index contributed by atoms with van der Waals surface area (Å²) in [5.41, 5.74) is 2.82. The molecule has 1 atom stereocenters. The number of ether oxygens (including phenoxy) is 1. The van der Waals surface area contributed by atoms with Gasteiger partial charge in [-0.2, -0.15) is 5.10 Å². The van der Waals surface area contributed by atoms with Crippen molar-refractivity contribution in [2.75, 3.05) is 39.4 Å². The van der Waals surface area contributed by atoms with Gasteiger partial charge in [0.15, 0.2) is 0 Å². The second-order valence-corrected chi connectivity index (χ2v) is 7.97. The molecule has 0 saturated carbocycles. The van der Waals surface area contributed by atoms with Crippen LogP contribution in [0, 0.1) is 5.92 Å². The van der Waals surface area contributed by atoms with E-state index in [-0.39, 0.29) is 0 Å². The number of morpholine rings is 1. The van der Waals surface area contributed by atoms with Crippen molar-refractivity contribution in [3.05, 3.63) is 53.9 Å². The van der Waals surface area contributed by atoms with Crippen LogP contribution in [0.5, 0.6) is 0 Å². The van der Waals surface area contributed by atoms with E-state index in [2.05, 4.69) is 46.1 Å². The molecular weight excluding hydrogens is 336 g/mol. The molecule has 0 radical (unpaired) electrons. The summed E-state index contributed by atoms with van der Waals surface area (Å²) in [5.74, 6) is 0.818. The van der Waals surface area contributed by atoms with Crippen molar-refractivity contribution in [2.24, 2.45) is 5.92 Å². The second-order valence-electron chi connectivity index (χ2n) is 7.97. The van der Waals surface area contributed by atoms with Crippen LogP contribution in [0.3, 0.4) is 0 Å². The largest absolute Gasteiger partial charge is 0.379 e. The average Bonchev–Trinajstić information content (AvgIpc) is 3.23. The van der Waals surface area contributed by atoms with E-state index in [0.717, 1.165) is 45.3 Å². The van der Waals surface area contributed by atoms with Gasteiger partial charge in [-0.05, 0) is 56.0 Å². The average molecular weight is 369 g/mol. The topological polar surface area (TPSA) is 33.5 Å². The van der Waals surface area contributed by atoms with Gasteiger partial charge in [0.1, 0.15) is 0 Å². The first kappa shape index (κ1) is 18.7. The smallest absolute Gasteiger partial charge is 0.0662 e. The van der Waals surface area contributed by atoms with E-state index in [9.17, 15) is 0 Å². The first-order chi connectivity index (χ1) is 13.3. The van der Waals surface area contributed by atoms with Gasteiger partial charge in [-0.3, -0.25) is 14.5 Å². The molecule has 4 rings (SSSR count). The standard InChI is InChI=1S/C22H32N4O/c1-19(25-13-15-27-16-14-25)20-7-11-24(12-8-20)17-21-5-2-3-6-22(21)18-26-10-4-9-23-26/h2-6,9-10,19-20H,7-8,11-18H2,1H3/t19-/m0/s1. The predicted molar refractivity (Wildman–Crippen MR) is 108 cm³/mol. The van der Waals surface area contributed by atoms with E-state index in [1.807, 2.05) is 23.1 Å². The highest BCUT2D eigenvalue weighted by molar-refractivity contribution is 5.27. The minimum Gasteiger partial charge on any atom is -0.379 e. The Hall–Kier alpha value is -1.69. The minimum absolute atomic E-state index is 0.683. The van der Waals surface area contributed by atoms with Crippen LogP contribution in [0.15, 0.2) is 42.7 Å². The summed E-state index contributed by atoms with van der Waals surface area (Å²) in [6.45, 7) is 10.7. The number of likely N-dealkylation sites (tertiary alicyclic amines) is 1. The van der Waals surface area contributed by atoms with Gasteiger partial charge in [0.25, 0.3) is 0 Å². The van der Waals surface area contributed by atoms with Crippen molar-refractivity contribution in [2.45, 2.75) is 38.9 Å². The monoisotopic (exact) mass is 368 g/mol. The van der Waals surface area contributed by atoms with Crippen molar-refractivity contribution >= 4 is 0 Å². The molecule has 2 fully saturated rings. The molecular formula is C22H32N4O. The van der Waals surface area contributed by atoms with Crippen molar-refractivity contribution in [3.8, 4) is 0 Å². The molecule has 0 N–H and O–H groups in total. The molecule has 2 saturated heterocycles. The molecule has 3 heterocycles. The molecule has 5 nitrogen and oxygen atoms in total. The maximum atomic E-state index is 5.51. The third kappa shape index (κ3) is 4.78. The first-order valence-electron chi connectivity index (χ1n) is 10.4. The fourth-order valence-electron chi connectivity index (χ4n) is 4.55. The van der Waals surface area contributed by atoms with Gasteiger partial charge >= 0.3 is 0 Å². The van der Waals surface area contributed by atoms with E-state index in [0.29, 0.717) is 6.04 Å². The third-order valence-corrected chi connectivity index (χ3v) is 6.34. The molecule has 0 unspecified atom stereocenters. The van der Waals surface area contributed by atoms with E-state index >= 15 is 0 Å². The molecule has 1 aromatic carbocycles. The number of benzene rings is 1. The summed E-state index contributed by atoms with van der Waals surface area (Å²) in [7, 11) is 0. The lowest BCUT2D eigenvalue weighted by atomic mass is 9.89. The Morgan fingerprint density at radius 3 is 2.37 bits per heavy atom. The molecule has 0 aliphatic carbocycles. The van der Waals surface area contributed by atoms with Gasteiger partial charge < -0.3 is 4.74 Å². The Bertz CT molecular complexity index is 688. The van der Waals surface area contributed by atoms with E-state index in [1.54, 1.807) is 0 Å². The van der Waals surface area contributed by atoms with Gasteiger partial charge in [0.2, 0.25) is 0 Å². The molecule has 2 aromatic rings. The highest BCUT2D eigenvalue weighted by Gasteiger charge is 2.28. The zero-order valence-electron chi connectivity index (χ0n) is 16.5. The number of hydrogen-bond acceptors (Lipinski definition) is 4. The van der Waals surface area contributed by atoms with Gasteiger partial charge in [0, 0.05) is 38.1 Å². The SMILES string of the molecule is C[C@@H](C1CCN(Cc2ccccc2Cn2cccn2)CC1)N1CCOCC1. The molecule has 5 heteroatoms. The van der Waals surface area contributed by atoms with E-state index in [1.165, 1.54) is 37.1 Å². The van der Waals surface area contributed by atoms with Crippen LogP contribution in [0.1, 0.15) is 30.9 Å². The number of nitrogens with zero attached hydrogens (tertiary/aromatic N) is 4. The Morgan fingerprint density at radius 1 is 1.00 bits per heavy atom. The van der Waals surface area contributed by atoms with E-state index in [4.69, 9.17) is 4.74 Å². The van der Waals surface area contributed by atoms with Crippen LogP contribution >= 0.6 is 0 Å².